The summed E-state index contributed by atoms with van der Waals surface area (Å²) in [6.45, 7) is 2.46. The molecular formula is C16H15FN4O. The van der Waals surface area contributed by atoms with Crippen molar-refractivity contribution in [3.05, 3.63) is 54.3 Å². The molecule has 0 saturated heterocycles. The summed E-state index contributed by atoms with van der Waals surface area (Å²) in [5, 5.41) is 8.05. The number of para-hydroxylation sites is 1. The van der Waals surface area contributed by atoms with E-state index in [0.29, 0.717) is 12.2 Å². The molecule has 0 bridgehead atoms. The molecule has 2 aromatic carbocycles. The summed E-state index contributed by atoms with van der Waals surface area (Å²) in [4.78, 5) is 14.1. The van der Waals surface area contributed by atoms with Gasteiger partial charge < -0.3 is 4.90 Å². The van der Waals surface area contributed by atoms with Gasteiger partial charge in [-0.05, 0) is 43.3 Å². The third-order valence-electron chi connectivity index (χ3n) is 3.46. The molecule has 0 saturated carbocycles. The summed E-state index contributed by atoms with van der Waals surface area (Å²) in [6.07, 6.45) is 0. The Morgan fingerprint density at radius 3 is 2.64 bits per heavy atom. The second kappa shape index (κ2) is 5.93. The topological polar surface area (TPSA) is 51.0 Å². The first-order chi connectivity index (χ1) is 10.7. The van der Waals surface area contributed by atoms with Gasteiger partial charge in [0.05, 0.1) is 5.52 Å². The van der Waals surface area contributed by atoms with E-state index < -0.39 is 0 Å². The third-order valence-corrected chi connectivity index (χ3v) is 3.46. The summed E-state index contributed by atoms with van der Waals surface area (Å²) in [5.41, 5.74) is 2.23. The third kappa shape index (κ3) is 2.67. The molecule has 3 aromatic rings. The molecule has 1 heterocycles. The van der Waals surface area contributed by atoms with Gasteiger partial charge in [0.1, 0.15) is 17.9 Å². The van der Waals surface area contributed by atoms with E-state index in [1.54, 1.807) is 21.7 Å². The van der Waals surface area contributed by atoms with Gasteiger partial charge in [-0.3, -0.25) is 4.79 Å². The molecule has 6 heteroatoms. The zero-order valence-electron chi connectivity index (χ0n) is 12.1. The molecule has 1 aromatic heterocycles. The molecule has 0 spiro atoms. The van der Waals surface area contributed by atoms with Gasteiger partial charge in [-0.25, -0.2) is 9.07 Å². The van der Waals surface area contributed by atoms with Gasteiger partial charge in [0.25, 0.3) is 0 Å². The molecule has 0 unspecified atom stereocenters. The quantitative estimate of drug-likeness (QED) is 0.744. The fourth-order valence-electron chi connectivity index (χ4n) is 2.37. The second-order valence-corrected chi connectivity index (χ2v) is 4.85. The SMILES string of the molecule is CCN(C(=O)Cn1nnc2ccccc21)c1ccc(F)cc1. The highest BCUT2D eigenvalue weighted by molar-refractivity contribution is 5.93. The van der Waals surface area contributed by atoms with Crippen molar-refractivity contribution in [2.75, 3.05) is 11.4 Å². The normalized spacial score (nSPS) is 10.8. The van der Waals surface area contributed by atoms with E-state index in [1.807, 2.05) is 31.2 Å². The van der Waals surface area contributed by atoms with Crippen LogP contribution in [0.5, 0.6) is 0 Å². The smallest absolute Gasteiger partial charge is 0.248 e. The first-order valence-electron chi connectivity index (χ1n) is 7.03. The number of hydrogen-bond donors (Lipinski definition) is 0. The number of amides is 1. The van der Waals surface area contributed by atoms with Crippen LogP contribution in [0.4, 0.5) is 10.1 Å². The van der Waals surface area contributed by atoms with Gasteiger partial charge in [0, 0.05) is 12.2 Å². The zero-order valence-corrected chi connectivity index (χ0v) is 12.1. The van der Waals surface area contributed by atoms with Gasteiger partial charge in [0.15, 0.2) is 0 Å². The van der Waals surface area contributed by atoms with Crippen LogP contribution in [0.15, 0.2) is 48.5 Å². The second-order valence-electron chi connectivity index (χ2n) is 4.85. The van der Waals surface area contributed by atoms with Crippen molar-refractivity contribution in [3.8, 4) is 0 Å². The van der Waals surface area contributed by atoms with Crippen LogP contribution in [0.3, 0.4) is 0 Å². The minimum Gasteiger partial charge on any atom is -0.311 e. The molecule has 0 N–H and O–H groups in total. The molecule has 0 aliphatic rings. The summed E-state index contributed by atoms with van der Waals surface area (Å²) >= 11 is 0. The van der Waals surface area contributed by atoms with E-state index in [2.05, 4.69) is 10.3 Å². The van der Waals surface area contributed by atoms with E-state index in [-0.39, 0.29) is 18.3 Å². The predicted molar refractivity (Wildman–Crippen MR) is 82.0 cm³/mol. The standard InChI is InChI=1S/C16H15FN4O/c1-2-20(13-9-7-12(17)8-10-13)16(22)11-21-15-6-4-3-5-14(15)18-19-21/h3-10H,2,11H2,1H3. The molecule has 22 heavy (non-hydrogen) atoms. The van der Waals surface area contributed by atoms with Crippen LogP contribution in [0, 0.1) is 5.82 Å². The van der Waals surface area contributed by atoms with Crippen LogP contribution in [-0.2, 0) is 11.3 Å². The molecule has 5 nitrogen and oxygen atoms in total. The van der Waals surface area contributed by atoms with Crippen molar-refractivity contribution in [2.45, 2.75) is 13.5 Å². The fourth-order valence-corrected chi connectivity index (χ4v) is 2.37. The van der Waals surface area contributed by atoms with Crippen molar-refractivity contribution < 1.29 is 9.18 Å². The summed E-state index contributed by atoms with van der Waals surface area (Å²) in [7, 11) is 0. The number of likely N-dealkylation sites (N-methyl/N-ethyl adjacent to an activating group) is 1. The molecular weight excluding hydrogens is 283 g/mol. The van der Waals surface area contributed by atoms with Crippen LogP contribution in [0.2, 0.25) is 0 Å². The number of rotatable bonds is 4. The number of hydrogen-bond acceptors (Lipinski definition) is 3. The Kier molecular flexibility index (Phi) is 3.82. The number of fused-ring (bicyclic) bond motifs is 1. The maximum Gasteiger partial charge on any atom is 0.248 e. The first-order valence-corrected chi connectivity index (χ1v) is 7.03. The molecule has 1 amide bonds. The van der Waals surface area contributed by atoms with Crippen LogP contribution >= 0.6 is 0 Å². The summed E-state index contributed by atoms with van der Waals surface area (Å²) in [6, 6.07) is 13.3. The number of carbonyl (C=O) groups excluding carboxylic acids is 1. The highest BCUT2D eigenvalue weighted by Gasteiger charge is 2.16. The Morgan fingerprint density at radius 2 is 1.91 bits per heavy atom. The lowest BCUT2D eigenvalue weighted by Gasteiger charge is -2.21. The highest BCUT2D eigenvalue weighted by Crippen LogP contribution is 2.16. The molecule has 0 atom stereocenters. The molecule has 0 aliphatic heterocycles. The number of nitrogens with zero attached hydrogens (tertiary/aromatic N) is 4. The summed E-state index contributed by atoms with van der Waals surface area (Å²) in [5.74, 6) is -0.445. The average Bonchev–Trinajstić information content (AvgIpc) is 2.93. The maximum absolute atomic E-state index is 13.0. The molecule has 0 fully saturated rings. The summed E-state index contributed by atoms with van der Waals surface area (Å²) < 4.78 is 14.6. The lowest BCUT2D eigenvalue weighted by Crippen LogP contribution is -2.34. The van der Waals surface area contributed by atoms with Crippen LogP contribution in [0.25, 0.3) is 11.0 Å². The largest absolute Gasteiger partial charge is 0.311 e. The number of carbonyl (C=O) groups is 1. The Morgan fingerprint density at radius 1 is 1.18 bits per heavy atom. The number of halogens is 1. The maximum atomic E-state index is 13.0. The van der Waals surface area contributed by atoms with Crippen molar-refractivity contribution in [2.24, 2.45) is 0 Å². The Bertz CT molecular complexity index is 797. The average molecular weight is 298 g/mol. The minimum absolute atomic E-state index is 0.0890. The predicted octanol–water partition coefficient (Wildman–Crippen LogP) is 2.62. The van der Waals surface area contributed by atoms with Gasteiger partial charge in [-0.2, -0.15) is 0 Å². The lowest BCUT2D eigenvalue weighted by molar-refractivity contribution is -0.119. The van der Waals surface area contributed by atoms with E-state index in [1.165, 1.54) is 12.1 Å². The van der Waals surface area contributed by atoms with Gasteiger partial charge in [0.2, 0.25) is 5.91 Å². The van der Waals surface area contributed by atoms with E-state index in [4.69, 9.17) is 0 Å². The van der Waals surface area contributed by atoms with E-state index in [9.17, 15) is 9.18 Å². The monoisotopic (exact) mass is 298 g/mol. The minimum atomic E-state index is -0.325. The van der Waals surface area contributed by atoms with Gasteiger partial charge in [-0.1, -0.05) is 17.3 Å². The van der Waals surface area contributed by atoms with Crippen LogP contribution in [-0.4, -0.2) is 27.4 Å². The van der Waals surface area contributed by atoms with Gasteiger partial charge in [-0.15, -0.1) is 5.10 Å². The van der Waals surface area contributed by atoms with Gasteiger partial charge >= 0.3 is 0 Å². The Hall–Kier alpha value is -2.76. The highest BCUT2D eigenvalue weighted by atomic mass is 19.1. The molecule has 0 radical (unpaired) electrons. The van der Waals surface area contributed by atoms with E-state index >= 15 is 0 Å². The van der Waals surface area contributed by atoms with E-state index in [0.717, 1.165) is 11.0 Å². The van der Waals surface area contributed by atoms with Crippen molar-refractivity contribution in [1.29, 1.82) is 0 Å². The number of anilines is 1. The zero-order chi connectivity index (χ0) is 15.5. The number of aromatic nitrogens is 3. The Labute approximate surface area is 127 Å². The molecule has 3 rings (SSSR count). The lowest BCUT2D eigenvalue weighted by atomic mass is 10.2. The van der Waals surface area contributed by atoms with Crippen molar-refractivity contribution in [1.82, 2.24) is 15.0 Å². The van der Waals surface area contributed by atoms with Crippen molar-refractivity contribution >= 4 is 22.6 Å². The van der Waals surface area contributed by atoms with Crippen LogP contribution in [0.1, 0.15) is 6.92 Å². The molecule has 112 valence electrons. The molecule has 0 aliphatic carbocycles. The Balaban J connectivity index is 1.84. The first kappa shape index (κ1) is 14.2. The van der Waals surface area contributed by atoms with Crippen molar-refractivity contribution in [3.63, 3.8) is 0 Å². The fraction of sp³-hybridized carbons (Fsp3) is 0.188. The van der Waals surface area contributed by atoms with Crippen LogP contribution < -0.4 is 4.90 Å². The number of benzene rings is 2.